The molecule has 22 heavy (non-hydrogen) atoms. The van der Waals surface area contributed by atoms with Crippen LogP contribution in [0.2, 0.25) is 4.34 Å². The minimum Gasteiger partial charge on any atom is -0.376 e. The van der Waals surface area contributed by atoms with E-state index in [1.54, 1.807) is 0 Å². The molecule has 1 aromatic heterocycles. The predicted octanol–water partition coefficient (Wildman–Crippen LogP) is 2.18. The van der Waals surface area contributed by atoms with Gasteiger partial charge < -0.3 is 9.47 Å². The third kappa shape index (κ3) is 4.92. The first kappa shape index (κ1) is 17.7. The van der Waals surface area contributed by atoms with E-state index in [2.05, 4.69) is 0 Å². The van der Waals surface area contributed by atoms with E-state index >= 15 is 0 Å². The summed E-state index contributed by atoms with van der Waals surface area (Å²) in [5, 5.41) is 0. The van der Waals surface area contributed by atoms with Crippen LogP contribution in [0.15, 0.2) is 16.3 Å². The highest BCUT2D eigenvalue weighted by molar-refractivity contribution is 7.92. The molecule has 1 aliphatic rings. The summed E-state index contributed by atoms with van der Waals surface area (Å²) in [5.41, 5.74) is 0. The second kappa shape index (κ2) is 7.74. The van der Waals surface area contributed by atoms with E-state index in [1.807, 2.05) is 4.72 Å². The largest absolute Gasteiger partial charge is 0.376 e. The van der Waals surface area contributed by atoms with E-state index in [1.165, 1.54) is 19.1 Å². The molecule has 1 N–H and O–H groups in total. The number of halogens is 1. The van der Waals surface area contributed by atoms with Crippen molar-refractivity contribution in [2.45, 2.75) is 42.6 Å². The predicted molar refractivity (Wildman–Crippen MR) is 83.7 cm³/mol. The van der Waals surface area contributed by atoms with Gasteiger partial charge in [0.25, 0.3) is 15.9 Å². The average molecular weight is 368 g/mol. The maximum atomic E-state index is 12.0. The van der Waals surface area contributed by atoms with Crippen molar-refractivity contribution >= 4 is 38.9 Å². The number of ether oxygens (including phenoxy) is 2. The van der Waals surface area contributed by atoms with Gasteiger partial charge in [-0.2, -0.15) is 0 Å². The molecule has 0 unspecified atom stereocenters. The molecule has 1 aromatic rings. The summed E-state index contributed by atoms with van der Waals surface area (Å²) in [7, 11) is -3.90. The Morgan fingerprint density at radius 3 is 2.91 bits per heavy atom. The molecule has 0 spiro atoms. The van der Waals surface area contributed by atoms with Gasteiger partial charge in [0.2, 0.25) is 0 Å². The number of amides is 1. The van der Waals surface area contributed by atoms with Crippen LogP contribution in [-0.2, 0) is 24.3 Å². The second-order valence-electron chi connectivity index (χ2n) is 4.99. The van der Waals surface area contributed by atoms with Crippen molar-refractivity contribution in [3.8, 4) is 0 Å². The summed E-state index contributed by atoms with van der Waals surface area (Å²) in [6.45, 7) is 2.48. The SMILES string of the molecule is C[C@@H](OC[C@H]1CCCCO1)C(=O)NS(=O)(=O)c1ccc(Cl)s1. The lowest BCUT2D eigenvalue weighted by Gasteiger charge is -2.23. The topological polar surface area (TPSA) is 81.7 Å². The highest BCUT2D eigenvalue weighted by Gasteiger charge is 2.24. The summed E-state index contributed by atoms with van der Waals surface area (Å²) >= 11 is 6.59. The van der Waals surface area contributed by atoms with Gasteiger partial charge in [-0.1, -0.05) is 11.6 Å². The zero-order valence-electron chi connectivity index (χ0n) is 12.1. The first-order valence-corrected chi connectivity index (χ1v) is 9.61. The van der Waals surface area contributed by atoms with Crippen molar-refractivity contribution in [2.75, 3.05) is 13.2 Å². The van der Waals surface area contributed by atoms with Crippen LogP contribution in [0.4, 0.5) is 0 Å². The molecule has 2 heterocycles. The van der Waals surface area contributed by atoms with E-state index in [9.17, 15) is 13.2 Å². The normalized spacial score (nSPS) is 20.5. The minimum atomic E-state index is -3.90. The van der Waals surface area contributed by atoms with Crippen molar-refractivity contribution in [1.82, 2.24) is 4.72 Å². The Balaban J connectivity index is 1.85. The number of rotatable bonds is 6. The van der Waals surface area contributed by atoms with Crippen LogP contribution in [0, 0.1) is 0 Å². The molecule has 1 amide bonds. The van der Waals surface area contributed by atoms with Gasteiger partial charge in [0.1, 0.15) is 10.3 Å². The van der Waals surface area contributed by atoms with E-state index in [-0.39, 0.29) is 16.9 Å². The molecule has 9 heteroatoms. The first-order valence-electron chi connectivity index (χ1n) is 6.93. The minimum absolute atomic E-state index is 0.00587. The molecule has 1 aliphatic heterocycles. The van der Waals surface area contributed by atoms with Crippen LogP contribution in [0.5, 0.6) is 0 Å². The zero-order valence-corrected chi connectivity index (χ0v) is 14.5. The molecular formula is C13H18ClNO5S2. The van der Waals surface area contributed by atoms with Crippen LogP contribution in [0.25, 0.3) is 0 Å². The van der Waals surface area contributed by atoms with Crippen LogP contribution in [-0.4, -0.2) is 39.7 Å². The van der Waals surface area contributed by atoms with E-state index < -0.39 is 22.0 Å². The molecule has 6 nitrogen and oxygen atoms in total. The number of carbonyl (C=O) groups excluding carboxylic acids is 1. The van der Waals surface area contributed by atoms with E-state index in [0.717, 1.165) is 30.6 Å². The highest BCUT2D eigenvalue weighted by Crippen LogP contribution is 2.25. The molecule has 0 saturated carbocycles. The Labute approximate surface area is 138 Å². The lowest BCUT2D eigenvalue weighted by atomic mass is 10.1. The van der Waals surface area contributed by atoms with Crippen LogP contribution in [0.1, 0.15) is 26.2 Å². The van der Waals surface area contributed by atoms with E-state index in [0.29, 0.717) is 10.9 Å². The smallest absolute Gasteiger partial charge is 0.273 e. The molecule has 1 fully saturated rings. The number of hydrogen-bond donors (Lipinski definition) is 1. The van der Waals surface area contributed by atoms with Gasteiger partial charge in [-0.05, 0) is 38.3 Å². The summed E-state index contributed by atoms with van der Waals surface area (Å²) in [4.78, 5) is 11.9. The Bertz CT molecular complexity index is 610. The molecule has 1 saturated heterocycles. The number of hydrogen-bond acceptors (Lipinski definition) is 6. The number of nitrogens with one attached hydrogen (secondary N) is 1. The number of sulfonamides is 1. The van der Waals surface area contributed by atoms with Crippen molar-refractivity contribution in [2.24, 2.45) is 0 Å². The molecule has 0 bridgehead atoms. The number of thiophene rings is 1. The van der Waals surface area contributed by atoms with Gasteiger partial charge in [-0.25, -0.2) is 13.1 Å². The van der Waals surface area contributed by atoms with Gasteiger partial charge in [0, 0.05) is 6.61 Å². The summed E-state index contributed by atoms with van der Waals surface area (Å²) in [5.74, 6) is -0.708. The standard InChI is InChI=1S/C13H18ClNO5S2/c1-9(20-8-10-4-2-3-7-19-10)13(16)15-22(17,18)12-6-5-11(14)21-12/h5-6,9-10H,2-4,7-8H2,1H3,(H,15,16)/t9-,10-/m1/s1. The fourth-order valence-electron chi connectivity index (χ4n) is 1.97. The molecular weight excluding hydrogens is 350 g/mol. The maximum Gasteiger partial charge on any atom is 0.273 e. The third-order valence-corrected chi connectivity index (χ3v) is 6.29. The lowest BCUT2D eigenvalue weighted by Crippen LogP contribution is -2.39. The van der Waals surface area contributed by atoms with Crippen molar-refractivity contribution in [3.05, 3.63) is 16.5 Å². The van der Waals surface area contributed by atoms with Gasteiger partial charge in [-0.3, -0.25) is 4.79 Å². The van der Waals surface area contributed by atoms with Crippen LogP contribution < -0.4 is 4.72 Å². The summed E-state index contributed by atoms with van der Waals surface area (Å²) in [6.07, 6.45) is 2.09. The van der Waals surface area contributed by atoms with Crippen molar-refractivity contribution in [1.29, 1.82) is 0 Å². The molecule has 0 aliphatic carbocycles. The fourth-order valence-corrected chi connectivity index (χ4v) is 4.50. The van der Waals surface area contributed by atoms with Crippen LogP contribution in [0.3, 0.4) is 0 Å². The monoisotopic (exact) mass is 367 g/mol. The Kier molecular flexibility index (Phi) is 6.22. The fraction of sp³-hybridized carbons (Fsp3) is 0.615. The molecule has 2 rings (SSSR count). The highest BCUT2D eigenvalue weighted by atomic mass is 35.5. The zero-order chi connectivity index (χ0) is 16.2. The van der Waals surface area contributed by atoms with Crippen molar-refractivity contribution < 1.29 is 22.7 Å². The Hall–Kier alpha value is -0.670. The van der Waals surface area contributed by atoms with Gasteiger partial charge in [0.05, 0.1) is 17.0 Å². The maximum absolute atomic E-state index is 12.0. The number of carbonyl (C=O) groups is 1. The first-order chi connectivity index (χ1) is 10.4. The third-order valence-electron chi connectivity index (χ3n) is 3.22. The van der Waals surface area contributed by atoms with Gasteiger partial charge >= 0.3 is 0 Å². The molecule has 124 valence electrons. The second-order valence-corrected chi connectivity index (χ2v) is 8.62. The molecule has 0 radical (unpaired) electrons. The molecule has 0 aromatic carbocycles. The Morgan fingerprint density at radius 1 is 1.55 bits per heavy atom. The quantitative estimate of drug-likeness (QED) is 0.833. The average Bonchev–Trinajstić information content (AvgIpc) is 2.93. The van der Waals surface area contributed by atoms with Gasteiger partial charge in [-0.15, -0.1) is 11.3 Å². The lowest BCUT2D eigenvalue weighted by molar-refractivity contribution is -0.133. The molecule has 2 atom stereocenters. The Morgan fingerprint density at radius 2 is 2.32 bits per heavy atom. The van der Waals surface area contributed by atoms with Crippen molar-refractivity contribution in [3.63, 3.8) is 0 Å². The van der Waals surface area contributed by atoms with E-state index in [4.69, 9.17) is 21.1 Å². The van der Waals surface area contributed by atoms with Crippen LogP contribution >= 0.6 is 22.9 Å². The summed E-state index contributed by atoms with van der Waals surface area (Å²) in [6, 6.07) is 2.82. The van der Waals surface area contributed by atoms with Gasteiger partial charge in [0.15, 0.2) is 0 Å². The summed E-state index contributed by atoms with van der Waals surface area (Å²) < 4.78 is 37.2.